The van der Waals surface area contributed by atoms with Crippen LogP contribution in [0.5, 0.6) is 0 Å². The topological polar surface area (TPSA) is 9.72 Å². The van der Waals surface area contributed by atoms with Gasteiger partial charge in [0, 0.05) is 39.3 Å². The zero-order valence-corrected chi connectivity index (χ0v) is 12.9. The molecule has 3 heteroatoms. The summed E-state index contributed by atoms with van der Waals surface area (Å²) in [6.45, 7) is 6.84. The summed E-state index contributed by atoms with van der Waals surface area (Å²) < 4.78 is 0. The Hall–Kier alpha value is -1.68. The molecule has 2 heterocycles. The molecule has 0 aliphatic carbocycles. The minimum Gasteiger partial charge on any atom is -0.273 e. The molecule has 0 radical (unpaired) electrons. The SMILES string of the molecule is c1ccc(CN2CCN3CCN(Cc4ccccc4)C32)cc1. The van der Waals surface area contributed by atoms with Gasteiger partial charge in [-0.3, -0.25) is 14.7 Å². The highest BCUT2D eigenvalue weighted by atomic mass is 15.6. The lowest BCUT2D eigenvalue weighted by molar-refractivity contribution is 0.0399. The first-order valence-corrected chi connectivity index (χ1v) is 8.20. The van der Waals surface area contributed by atoms with E-state index in [1.165, 1.54) is 37.3 Å². The number of fused-ring (bicyclic) bond motifs is 1. The Morgan fingerprint density at radius 1 is 0.636 bits per heavy atom. The van der Waals surface area contributed by atoms with Gasteiger partial charge in [0.05, 0.1) is 0 Å². The maximum atomic E-state index is 2.62. The molecule has 2 saturated heterocycles. The fourth-order valence-corrected chi connectivity index (χ4v) is 3.74. The third kappa shape index (κ3) is 2.80. The van der Waals surface area contributed by atoms with Gasteiger partial charge in [-0.05, 0) is 11.1 Å². The lowest BCUT2D eigenvalue weighted by Gasteiger charge is -2.32. The smallest absolute Gasteiger partial charge is 0.120 e. The van der Waals surface area contributed by atoms with Crippen molar-refractivity contribution in [3.05, 3.63) is 71.8 Å². The molecule has 0 spiro atoms. The van der Waals surface area contributed by atoms with Crippen molar-refractivity contribution in [3.8, 4) is 0 Å². The van der Waals surface area contributed by atoms with E-state index in [2.05, 4.69) is 75.4 Å². The van der Waals surface area contributed by atoms with Crippen LogP contribution in [0.3, 0.4) is 0 Å². The first-order chi connectivity index (χ1) is 10.9. The van der Waals surface area contributed by atoms with E-state index in [9.17, 15) is 0 Å². The normalized spacial score (nSPS) is 20.5. The number of rotatable bonds is 4. The molecule has 2 aliphatic heterocycles. The van der Waals surface area contributed by atoms with Crippen molar-refractivity contribution < 1.29 is 0 Å². The summed E-state index contributed by atoms with van der Waals surface area (Å²) in [7, 11) is 0. The van der Waals surface area contributed by atoms with Crippen LogP contribution in [-0.2, 0) is 13.1 Å². The molecular weight excluding hydrogens is 270 g/mol. The molecule has 0 aromatic heterocycles. The third-order valence-corrected chi connectivity index (χ3v) is 4.79. The molecule has 0 bridgehead atoms. The standard InChI is InChI=1S/C19H23N3/c1-3-7-17(8-4-1)15-21-13-11-20-12-14-22(19(20)21)16-18-9-5-2-6-10-18/h1-10,19H,11-16H2. The molecule has 2 aromatic rings. The summed E-state index contributed by atoms with van der Waals surface area (Å²) in [6, 6.07) is 21.7. The van der Waals surface area contributed by atoms with Gasteiger partial charge in [0.15, 0.2) is 0 Å². The van der Waals surface area contributed by atoms with E-state index in [1.807, 2.05) is 0 Å². The van der Waals surface area contributed by atoms with Crippen LogP contribution in [0, 0.1) is 0 Å². The maximum Gasteiger partial charge on any atom is 0.120 e. The summed E-state index contributed by atoms with van der Waals surface area (Å²) >= 11 is 0. The zero-order chi connectivity index (χ0) is 14.8. The average molecular weight is 293 g/mol. The minimum atomic E-state index is 0.473. The van der Waals surface area contributed by atoms with Crippen LogP contribution in [0.1, 0.15) is 11.1 Å². The van der Waals surface area contributed by atoms with Gasteiger partial charge in [0.1, 0.15) is 6.29 Å². The fraction of sp³-hybridized carbons (Fsp3) is 0.368. The Balaban J connectivity index is 1.48. The van der Waals surface area contributed by atoms with Crippen LogP contribution in [0.2, 0.25) is 0 Å². The summed E-state index contributed by atoms with van der Waals surface area (Å²) in [4.78, 5) is 7.85. The molecule has 114 valence electrons. The molecule has 2 aliphatic rings. The summed E-state index contributed by atoms with van der Waals surface area (Å²) in [6.07, 6.45) is 0.473. The van der Waals surface area contributed by atoms with Crippen molar-refractivity contribution in [1.82, 2.24) is 14.7 Å². The molecule has 3 nitrogen and oxygen atoms in total. The largest absolute Gasteiger partial charge is 0.273 e. The van der Waals surface area contributed by atoms with Crippen molar-refractivity contribution >= 4 is 0 Å². The Morgan fingerprint density at radius 2 is 1.09 bits per heavy atom. The van der Waals surface area contributed by atoms with Crippen LogP contribution in [0.25, 0.3) is 0 Å². The minimum absolute atomic E-state index is 0.473. The van der Waals surface area contributed by atoms with Crippen molar-refractivity contribution in [1.29, 1.82) is 0 Å². The lowest BCUT2D eigenvalue weighted by atomic mass is 10.2. The van der Waals surface area contributed by atoms with Crippen molar-refractivity contribution in [2.75, 3.05) is 26.2 Å². The van der Waals surface area contributed by atoms with Gasteiger partial charge in [-0.25, -0.2) is 0 Å². The Bertz CT molecular complexity index is 545. The number of benzene rings is 2. The van der Waals surface area contributed by atoms with Gasteiger partial charge in [0.25, 0.3) is 0 Å². The van der Waals surface area contributed by atoms with Gasteiger partial charge in [0.2, 0.25) is 0 Å². The monoisotopic (exact) mass is 293 g/mol. The average Bonchev–Trinajstić information content (AvgIpc) is 3.14. The summed E-state index contributed by atoms with van der Waals surface area (Å²) in [5.74, 6) is 0. The van der Waals surface area contributed by atoms with E-state index in [1.54, 1.807) is 0 Å². The van der Waals surface area contributed by atoms with Gasteiger partial charge in [-0.1, -0.05) is 60.7 Å². The van der Waals surface area contributed by atoms with Crippen LogP contribution in [0.15, 0.2) is 60.7 Å². The second-order valence-electron chi connectivity index (χ2n) is 6.29. The predicted molar refractivity (Wildman–Crippen MR) is 89.1 cm³/mol. The quantitative estimate of drug-likeness (QED) is 0.858. The molecule has 0 saturated carbocycles. The highest BCUT2D eigenvalue weighted by Gasteiger charge is 2.40. The van der Waals surface area contributed by atoms with E-state index in [0.717, 1.165) is 13.1 Å². The number of hydrogen-bond donors (Lipinski definition) is 0. The zero-order valence-electron chi connectivity index (χ0n) is 12.9. The highest BCUT2D eigenvalue weighted by Crippen LogP contribution is 2.26. The van der Waals surface area contributed by atoms with Crippen molar-refractivity contribution in [2.45, 2.75) is 19.4 Å². The molecule has 2 aromatic carbocycles. The van der Waals surface area contributed by atoms with Crippen molar-refractivity contribution in [2.24, 2.45) is 0 Å². The molecule has 0 atom stereocenters. The molecule has 0 N–H and O–H groups in total. The molecular formula is C19H23N3. The van der Waals surface area contributed by atoms with Gasteiger partial charge < -0.3 is 0 Å². The first kappa shape index (κ1) is 13.9. The van der Waals surface area contributed by atoms with Gasteiger partial charge in [-0.15, -0.1) is 0 Å². The lowest BCUT2D eigenvalue weighted by Crippen LogP contribution is -2.44. The Morgan fingerprint density at radius 3 is 1.55 bits per heavy atom. The van der Waals surface area contributed by atoms with Gasteiger partial charge >= 0.3 is 0 Å². The number of hydrogen-bond acceptors (Lipinski definition) is 3. The molecule has 4 rings (SSSR count). The Kier molecular flexibility index (Phi) is 3.94. The van der Waals surface area contributed by atoms with Crippen molar-refractivity contribution in [3.63, 3.8) is 0 Å². The maximum absolute atomic E-state index is 2.62. The van der Waals surface area contributed by atoms with E-state index in [4.69, 9.17) is 0 Å². The third-order valence-electron chi connectivity index (χ3n) is 4.79. The Labute approximate surface area is 132 Å². The summed E-state index contributed by atoms with van der Waals surface area (Å²) in [5.41, 5.74) is 2.83. The van der Waals surface area contributed by atoms with Crippen LogP contribution in [-0.4, -0.2) is 47.2 Å². The van der Waals surface area contributed by atoms with E-state index >= 15 is 0 Å². The van der Waals surface area contributed by atoms with E-state index in [-0.39, 0.29) is 0 Å². The number of nitrogens with zero attached hydrogens (tertiary/aromatic N) is 3. The van der Waals surface area contributed by atoms with Crippen LogP contribution >= 0.6 is 0 Å². The van der Waals surface area contributed by atoms with Crippen LogP contribution < -0.4 is 0 Å². The second-order valence-corrected chi connectivity index (χ2v) is 6.29. The second kappa shape index (κ2) is 6.21. The molecule has 0 amide bonds. The van der Waals surface area contributed by atoms with E-state index < -0.39 is 0 Å². The predicted octanol–water partition coefficient (Wildman–Crippen LogP) is 2.60. The first-order valence-electron chi connectivity index (χ1n) is 8.20. The molecule has 2 fully saturated rings. The summed E-state index contributed by atoms with van der Waals surface area (Å²) in [5, 5.41) is 0. The highest BCUT2D eigenvalue weighted by molar-refractivity contribution is 5.16. The van der Waals surface area contributed by atoms with Gasteiger partial charge in [-0.2, -0.15) is 0 Å². The van der Waals surface area contributed by atoms with E-state index in [0.29, 0.717) is 6.29 Å². The fourth-order valence-electron chi connectivity index (χ4n) is 3.74. The molecule has 22 heavy (non-hydrogen) atoms. The van der Waals surface area contributed by atoms with Crippen LogP contribution in [0.4, 0.5) is 0 Å². The molecule has 0 unspecified atom stereocenters.